The van der Waals surface area contributed by atoms with E-state index in [1.165, 1.54) is 6.39 Å². The second-order valence-corrected chi connectivity index (χ2v) is 4.59. The van der Waals surface area contributed by atoms with Crippen molar-refractivity contribution in [3.63, 3.8) is 0 Å². The van der Waals surface area contributed by atoms with E-state index in [0.717, 1.165) is 16.9 Å². The average Bonchev–Trinajstić information content (AvgIpc) is 3.03. The molecule has 0 bridgehead atoms. The van der Waals surface area contributed by atoms with Gasteiger partial charge in [0.25, 0.3) is 0 Å². The van der Waals surface area contributed by atoms with Crippen LogP contribution in [0.1, 0.15) is 11.4 Å². The summed E-state index contributed by atoms with van der Waals surface area (Å²) in [5.74, 6) is 0.676. The fraction of sp³-hybridized carbons (Fsp3) is 0.133. The van der Waals surface area contributed by atoms with Crippen molar-refractivity contribution in [3.05, 3.63) is 54.2 Å². The fourth-order valence-corrected chi connectivity index (χ4v) is 1.95. The summed E-state index contributed by atoms with van der Waals surface area (Å²) in [6, 6.07) is 11.0. The largest absolute Gasteiger partial charge is 0.506 e. The molecule has 106 valence electrons. The summed E-state index contributed by atoms with van der Waals surface area (Å²) < 4.78 is 5.13. The van der Waals surface area contributed by atoms with Gasteiger partial charge in [-0.05, 0) is 43.3 Å². The predicted molar refractivity (Wildman–Crippen MR) is 77.7 cm³/mol. The molecule has 2 heterocycles. The van der Waals surface area contributed by atoms with E-state index in [4.69, 9.17) is 4.42 Å². The zero-order valence-corrected chi connectivity index (χ0v) is 11.4. The number of hydrogen-bond donors (Lipinski definition) is 2. The molecule has 3 rings (SSSR count). The number of aryl methyl sites for hydroxylation is 1. The lowest BCUT2D eigenvalue weighted by molar-refractivity contribution is 0.464. The van der Waals surface area contributed by atoms with E-state index < -0.39 is 0 Å². The summed E-state index contributed by atoms with van der Waals surface area (Å²) in [6.45, 7) is 2.34. The predicted octanol–water partition coefficient (Wildman–Crippen LogP) is 2.76. The Morgan fingerprint density at radius 3 is 2.67 bits per heavy atom. The number of benzene rings is 1. The molecule has 0 atom stereocenters. The lowest BCUT2D eigenvalue weighted by Gasteiger charge is -2.08. The maximum atomic E-state index is 9.75. The highest BCUT2D eigenvalue weighted by molar-refractivity contribution is 5.58. The minimum absolute atomic E-state index is 0.190. The van der Waals surface area contributed by atoms with E-state index in [1.807, 2.05) is 31.2 Å². The quantitative estimate of drug-likeness (QED) is 0.765. The van der Waals surface area contributed by atoms with Gasteiger partial charge in [-0.15, -0.1) is 10.2 Å². The van der Waals surface area contributed by atoms with Crippen LogP contribution in [0.2, 0.25) is 0 Å². The molecule has 2 aromatic heterocycles. The van der Waals surface area contributed by atoms with Gasteiger partial charge >= 0.3 is 0 Å². The maximum absolute atomic E-state index is 9.75. The molecule has 0 unspecified atom stereocenters. The molecule has 0 amide bonds. The van der Waals surface area contributed by atoms with Gasteiger partial charge in [0.15, 0.2) is 0 Å². The summed E-state index contributed by atoms with van der Waals surface area (Å²) in [6.07, 6.45) is 1.30. The highest BCUT2D eigenvalue weighted by Gasteiger charge is 2.05. The van der Waals surface area contributed by atoms with E-state index >= 15 is 0 Å². The van der Waals surface area contributed by atoms with Gasteiger partial charge in [0, 0.05) is 16.9 Å². The molecular formula is C15H14N4O2. The summed E-state index contributed by atoms with van der Waals surface area (Å²) in [5.41, 5.74) is 3.27. The van der Waals surface area contributed by atoms with Crippen LogP contribution in [0, 0.1) is 6.92 Å². The molecule has 0 saturated heterocycles. The minimum Gasteiger partial charge on any atom is -0.506 e. The third kappa shape index (κ3) is 3.00. The van der Waals surface area contributed by atoms with Crippen LogP contribution in [-0.2, 0) is 6.54 Å². The summed E-state index contributed by atoms with van der Waals surface area (Å²) >= 11 is 0. The van der Waals surface area contributed by atoms with Crippen LogP contribution in [-0.4, -0.2) is 20.3 Å². The Balaban J connectivity index is 1.70. The number of nitrogens with one attached hydrogen (secondary N) is 1. The zero-order valence-electron chi connectivity index (χ0n) is 11.4. The second-order valence-electron chi connectivity index (χ2n) is 4.59. The van der Waals surface area contributed by atoms with E-state index in [9.17, 15) is 5.11 Å². The molecule has 3 aromatic rings. The fourth-order valence-electron chi connectivity index (χ4n) is 1.95. The normalized spacial score (nSPS) is 10.5. The Kier molecular flexibility index (Phi) is 3.51. The Bertz CT molecular complexity index is 724. The van der Waals surface area contributed by atoms with Crippen molar-refractivity contribution in [1.29, 1.82) is 0 Å². The van der Waals surface area contributed by atoms with Gasteiger partial charge in [-0.1, -0.05) is 0 Å². The highest BCUT2D eigenvalue weighted by Crippen LogP contribution is 2.20. The Morgan fingerprint density at radius 1 is 1.14 bits per heavy atom. The number of rotatable bonds is 4. The maximum Gasteiger partial charge on any atom is 0.247 e. The third-order valence-electron chi connectivity index (χ3n) is 3.04. The molecular weight excluding hydrogens is 268 g/mol. The van der Waals surface area contributed by atoms with E-state index in [1.54, 1.807) is 12.1 Å². The molecule has 0 fully saturated rings. The lowest BCUT2D eigenvalue weighted by Crippen LogP contribution is -2.02. The molecule has 0 aliphatic rings. The first-order valence-corrected chi connectivity index (χ1v) is 6.48. The Hall–Kier alpha value is -2.89. The zero-order chi connectivity index (χ0) is 14.7. The van der Waals surface area contributed by atoms with Crippen molar-refractivity contribution in [2.45, 2.75) is 13.5 Å². The van der Waals surface area contributed by atoms with Crippen molar-refractivity contribution in [1.82, 2.24) is 15.2 Å². The molecule has 6 nitrogen and oxygen atoms in total. The van der Waals surface area contributed by atoms with Crippen molar-refractivity contribution in [3.8, 4) is 17.2 Å². The number of aromatic hydroxyl groups is 1. The van der Waals surface area contributed by atoms with Gasteiger partial charge in [-0.3, -0.25) is 4.98 Å². The van der Waals surface area contributed by atoms with Gasteiger partial charge in [-0.2, -0.15) is 0 Å². The van der Waals surface area contributed by atoms with Crippen molar-refractivity contribution in [2.75, 3.05) is 5.32 Å². The average molecular weight is 282 g/mol. The van der Waals surface area contributed by atoms with Gasteiger partial charge in [-0.25, -0.2) is 0 Å². The first kappa shape index (κ1) is 13.1. The van der Waals surface area contributed by atoms with Crippen LogP contribution in [0.4, 0.5) is 5.69 Å². The van der Waals surface area contributed by atoms with Crippen molar-refractivity contribution in [2.24, 2.45) is 0 Å². The smallest absolute Gasteiger partial charge is 0.247 e. The summed E-state index contributed by atoms with van der Waals surface area (Å²) in [5, 5.41) is 20.5. The molecule has 0 saturated carbocycles. The second kappa shape index (κ2) is 5.62. The first-order chi connectivity index (χ1) is 10.2. The highest BCUT2D eigenvalue weighted by atomic mass is 16.4. The molecule has 0 radical (unpaired) electrons. The van der Waals surface area contributed by atoms with E-state index in [-0.39, 0.29) is 5.75 Å². The molecule has 21 heavy (non-hydrogen) atoms. The SMILES string of the molecule is Cc1ccc(O)c(CNc2ccc(-c3nnco3)cc2)n1. The van der Waals surface area contributed by atoms with Crippen LogP contribution in [0.5, 0.6) is 5.75 Å². The van der Waals surface area contributed by atoms with Crippen molar-refractivity contribution < 1.29 is 9.52 Å². The number of aromatic nitrogens is 3. The van der Waals surface area contributed by atoms with Gasteiger partial charge in [0.2, 0.25) is 12.3 Å². The van der Waals surface area contributed by atoms with Crippen LogP contribution in [0.3, 0.4) is 0 Å². The van der Waals surface area contributed by atoms with E-state index in [0.29, 0.717) is 18.1 Å². The Morgan fingerprint density at radius 2 is 1.95 bits per heavy atom. The molecule has 1 aromatic carbocycles. The minimum atomic E-state index is 0.190. The molecule has 0 aliphatic carbocycles. The molecule has 0 spiro atoms. The number of hydrogen-bond acceptors (Lipinski definition) is 6. The number of pyridine rings is 1. The molecule has 2 N–H and O–H groups in total. The van der Waals surface area contributed by atoms with Crippen LogP contribution in [0.25, 0.3) is 11.5 Å². The van der Waals surface area contributed by atoms with Gasteiger partial charge < -0.3 is 14.8 Å². The van der Waals surface area contributed by atoms with Crippen LogP contribution in [0.15, 0.2) is 47.2 Å². The summed E-state index contributed by atoms with van der Waals surface area (Å²) in [7, 11) is 0. The number of nitrogens with zero attached hydrogens (tertiary/aromatic N) is 3. The molecule has 6 heteroatoms. The van der Waals surface area contributed by atoms with Gasteiger partial charge in [0.1, 0.15) is 11.4 Å². The topological polar surface area (TPSA) is 84.1 Å². The summed E-state index contributed by atoms with van der Waals surface area (Å²) in [4.78, 5) is 4.30. The lowest BCUT2D eigenvalue weighted by atomic mass is 10.2. The number of anilines is 1. The first-order valence-electron chi connectivity index (χ1n) is 6.48. The standard InChI is InChI=1S/C15H14N4O2/c1-10-2-7-14(20)13(18-10)8-16-12-5-3-11(4-6-12)15-19-17-9-21-15/h2-7,9,16,20H,8H2,1H3. The monoisotopic (exact) mass is 282 g/mol. The van der Waals surface area contributed by atoms with Crippen LogP contribution < -0.4 is 5.32 Å². The van der Waals surface area contributed by atoms with Gasteiger partial charge in [0.05, 0.1) is 6.54 Å². The molecule has 0 aliphatic heterocycles. The third-order valence-corrected chi connectivity index (χ3v) is 3.04. The van der Waals surface area contributed by atoms with Crippen LogP contribution >= 0.6 is 0 Å². The Labute approximate surface area is 121 Å². The van der Waals surface area contributed by atoms with E-state index in [2.05, 4.69) is 20.5 Å². The van der Waals surface area contributed by atoms with Crippen molar-refractivity contribution >= 4 is 5.69 Å².